The van der Waals surface area contributed by atoms with Gasteiger partial charge in [0.1, 0.15) is 23.7 Å². The summed E-state index contributed by atoms with van der Waals surface area (Å²) in [5.74, 6) is -0.847. The zero-order chi connectivity index (χ0) is 38.2. The number of anilines is 1. The minimum absolute atomic E-state index is 0.0112. The van der Waals surface area contributed by atoms with Crippen molar-refractivity contribution >= 4 is 58.1 Å². The van der Waals surface area contributed by atoms with E-state index in [-0.39, 0.29) is 34.2 Å². The highest BCUT2D eigenvalue weighted by atomic mass is 32.1. The van der Waals surface area contributed by atoms with Crippen LogP contribution in [0.15, 0.2) is 118 Å². The van der Waals surface area contributed by atoms with Gasteiger partial charge in [0.2, 0.25) is 0 Å². The molecule has 6 rings (SSSR count). The maximum absolute atomic E-state index is 12.6. The number of benzene rings is 5. The number of aliphatic carboxylic acids is 1. The molecule has 11 nitrogen and oxygen atoms in total. The molecule has 272 valence electrons. The van der Waals surface area contributed by atoms with Gasteiger partial charge in [-0.15, -0.1) is 0 Å². The van der Waals surface area contributed by atoms with E-state index in [0.717, 1.165) is 22.8 Å². The Labute approximate surface area is 314 Å². The Hall–Kier alpha value is -6.92. The first-order valence-electron chi connectivity index (χ1n) is 16.7. The van der Waals surface area contributed by atoms with Crippen LogP contribution in [0.1, 0.15) is 27.0 Å². The van der Waals surface area contributed by atoms with Crippen LogP contribution in [0, 0.1) is 0 Å². The number of thiocarbonyl (C=S) groups is 1. The molecule has 0 unspecified atom stereocenters. The number of nitrogens with one attached hydrogen (secondary N) is 2. The number of methoxy groups -OCH3 is 1. The summed E-state index contributed by atoms with van der Waals surface area (Å²) in [7, 11) is 1.56. The molecule has 4 aromatic carbocycles. The number of carboxylic acid groups (broad SMARTS) is 2. The van der Waals surface area contributed by atoms with E-state index in [1.807, 2.05) is 54.6 Å². The van der Waals surface area contributed by atoms with E-state index in [4.69, 9.17) is 31.2 Å². The van der Waals surface area contributed by atoms with Gasteiger partial charge in [0.15, 0.2) is 22.0 Å². The maximum atomic E-state index is 12.6. The van der Waals surface area contributed by atoms with Gasteiger partial charge in [-0.2, -0.15) is 0 Å². The summed E-state index contributed by atoms with van der Waals surface area (Å²) in [5, 5.41) is 36.2. The number of hydrogen-bond donors (Lipinski definition) is 5. The lowest BCUT2D eigenvalue weighted by molar-refractivity contribution is -0.131. The molecule has 1 aliphatic carbocycles. The fourth-order valence-electron chi connectivity index (χ4n) is 5.92. The predicted molar refractivity (Wildman–Crippen MR) is 212 cm³/mol. The largest absolute Gasteiger partial charge is 0.508 e. The second kappa shape index (κ2) is 16.6. The summed E-state index contributed by atoms with van der Waals surface area (Å²) in [4.78, 5) is 35.6. The maximum Gasteiger partial charge on any atom is 0.336 e. The molecule has 0 saturated carbocycles. The predicted octanol–water partition coefficient (Wildman–Crippen LogP) is 7.70. The van der Waals surface area contributed by atoms with Gasteiger partial charge in [-0.25, -0.2) is 9.59 Å². The molecule has 1 aliphatic heterocycles. The van der Waals surface area contributed by atoms with E-state index in [2.05, 4.69) is 10.6 Å². The number of hydrogen-bond acceptors (Lipinski definition) is 8. The highest BCUT2D eigenvalue weighted by molar-refractivity contribution is 7.80. The monoisotopic (exact) mass is 742 g/mol. The normalized spacial score (nSPS) is 11.3. The van der Waals surface area contributed by atoms with E-state index in [1.165, 1.54) is 30.3 Å². The molecule has 0 fully saturated rings. The summed E-state index contributed by atoms with van der Waals surface area (Å²) in [6.07, 6.45) is 7.22. The first-order chi connectivity index (χ1) is 26.1. The van der Waals surface area contributed by atoms with E-state index >= 15 is 0 Å². The Kier molecular flexibility index (Phi) is 11.3. The Bertz CT molecular complexity index is 2470. The summed E-state index contributed by atoms with van der Waals surface area (Å²) < 4.78 is 17.4. The number of phenolic OH excluding ortho intramolecular Hbond substituents is 1. The van der Waals surface area contributed by atoms with E-state index < -0.39 is 11.9 Å². The van der Waals surface area contributed by atoms with Crippen molar-refractivity contribution in [1.82, 2.24) is 5.32 Å². The van der Waals surface area contributed by atoms with Crippen molar-refractivity contribution in [2.75, 3.05) is 25.6 Å². The molecule has 0 aromatic heterocycles. The number of phenols is 1. The molecule has 54 heavy (non-hydrogen) atoms. The van der Waals surface area contributed by atoms with Gasteiger partial charge < -0.3 is 39.8 Å². The number of aromatic hydroxyl groups is 1. The number of rotatable bonds is 13. The molecule has 0 atom stereocenters. The Balaban J connectivity index is 1.08. The second-order valence-electron chi connectivity index (χ2n) is 12.0. The minimum atomic E-state index is -1.17. The Morgan fingerprint density at radius 1 is 0.870 bits per heavy atom. The van der Waals surface area contributed by atoms with E-state index in [9.17, 15) is 24.6 Å². The molecule has 0 spiro atoms. The molecule has 0 amide bonds. The molecule has 2 aliphatic rings. The van der Waals surface area contributed by atoms with Crippen molar-refractivity contribution in [3.8, 4) is 39.7 Å². The smallest absolute Gasteiger partial charge is 0.336 e. The fourth-order valence-corrected chi connectivity index (χ4v) is 6.14. The molecular formula is C42H34N2O9S. The third-order valence-corrected chi connectivity index (χ3v) is 8.63. The number of carboxylic acids is 2. The summed E-state index contributed by atoms with van der Waals surface area (Å²) in [5.41, 5.74) is 4.62. The van der Waals surface area contributed by atoms with E-state index in [1.54, 1.807) is 37.5 Å². The molecule has 0 saturated heterocycles. The van der Waals surface area contributed by atoms with Crippen LogP contribution in [0.4, 0.5) is 5.69 Å². The zero-order valence-electron chi connectivity index (χ0n) is 28.9. The molecule has 1 heterocycles. The van der Waals surface area contributed by atoms with Crippen LogP contribution in [0.3, 0.4) is 0 Å². The van der Waals surface area contributed by atoms with Gasteiger partial charge in [0.25, 0.3) is 0 Å². The quantitative estimate of drug-likeness (QED) is 0.0339. The van der Waals surface area contributed by atoms with Crippen LogP contribution >= 0.6 is 12.2 Å². The van der Waals surface area contributed by atoms with Gasteiger partial charge in [-0.1, -0.05) is 48.6 Å². The highest BCUT2D eigenvalue weighted by Gasteiger charge is 2.22. The lowest BCUT2D eigenvalue weighted by Crippen LogP contribution is -2.32. The first kappa shape index (κ1) is 36.9. The molecule has 5 N–H and O–H groups in total. The number of carbonyl (C=O) groups is 2. The number of ether oxygens (including phenoxy) is 2. The van der Waals surface area contributed by atoms with Crippen LogP contribution in [0.2, 0.25) is 0 Å². The average Bonchev–Trinajstić information content (AvgIpc) is 3.15. The van der Waals surface area contributed by atoms with Crippen molar-refractivity contribution < 1.29 is 38.8 Å². The standard InChI is InChI=1S/C42H34N2O9S/c1-51-38-21-25(5-4-8-26-6-2-3-7-27(26)10-18-39(47)48)9-17-35(38)52-20-19-43-42(54)44-28-11-14-31(34(22-28)41(49)50)40-32-15-12-29(45)23-36(32)53-37-24-30(46)13-16-33(37)40/h2-4,6-18,21-24,45H,5,19-20H2,1H3,(H,47,48)(H,49,50)(H2,43,44,54)/b8-4+,18-10+. The van der Waals surface area contributed by atoms with Gasteiger partial charge in [-0.3, -0.25) is 4.79 Å². The van der Waals surface area contributed by atoms with Gasteiger partial charge in [0, 0.05) is 40.4 Å². The topological polar surface area (TPSA) is 168 Å². The summed E-state index contributed by atoms with van der Waals surface area (Å²) in [6, 6.07) is 26.9. The van der Waals surface area contributed by atoms with Crippen molar-refractivity contribution in [2.45, 2.75) is 6.42 Å². The SMILES string of the molecule is COc1cc(C/C=C/c2ccccc2/C=C/C(=O)O)ccc1OCCNC(=S)Nc1ccc(-c2c3ccc(=O)cc-3oc3cc(O)ccc23)c(C(=O)O)c1. The third-order valence-electron chi connectivity index (χ3n) is 8.38. The summed E-state index contributed by atoms with van der Waals surface area (Å²) >= 11 is 5.48. The summed E-state index contributed by atoms with van der Waals surface area (Å²) in [6.45, 7) is 0.580. The number of aromatic carboxylic acids is 1. The average molecular weight is 743 g/mol. The van der Waals surface area contributed by atoms with Crippen LogP contribution in [-0.2, 0) is 11.2 Å². The fraction of sp³-hybridized carbons (Fsp3) is 0.0952. The minimum Gasteiger partial charge on any atom is -0.508 e. The lowest BCUT2D eigenvalue weighted by atomic mass is 9.90. The number of fused-ring (bicyclic) bond motifs is 2. The third kappa shape index (κ3) is 8.75. The van der Waals surface area contributed by atoms with Crippen molar-refractivity contribution in [3.63, 3.8) is 0 Å². The van der Waals surface area contributed by atoms with Crippen molar-refractivity contribution in [3.05, 3.63) is 142 Å². The van der Waals surface area contributed by atoms with Crippen molar-refractivity contribution in [1.29, 1.82) is 0 Å². The highest BCUT2D eigenvalue weighted by Crippen LogP contribution is 2.42. The molecule has 0 radical (unpaired) electrons. The van der Waals surface area contributed by atoms with Gasteiger partial charge >= 0.3 is 11.9 Å². The Morgan fingerprint density at radius 3 is 2.41 bits per heavy atom. The van der Waals surface area contributed by atoms with E-state index in [0.29, 0.717) is 57.8 Å². The molecule has 4 aromatic rings. The molecule has 12 heteroatoms. The van der Waals surface area contributed by atoms with Gasteiger partial charge in [-0.05, 0) is 95.5 Å². The molecule has 0 bridgehead atoms. The zero-order valence-corrected chi connectivity index (χ0v) is 29.7. The Morgan fingerprint density at radius 2 is 1.65 bits per heavy atom. The van der Waals surface area contributed by atoms with Gasteiger partial charge in [0.05, 0.1) is 19.2 Å². The number of allylic oxidation sites excluding steroid dienone is 1. The van der Waals surface area contributed by atoms with Crippen molar-refractivity contribution in [2.24, 2.45) is 0 Å². The first-order valence-corrected chi connectivity index (χ1v) is 17.1. The van der Waals surface area contributed by atoms with Crippen LogP contribution in [0.25, 0.3) is 45.6 Å². The van der Waals surface area contributed by atoms with Crippen LogP contribution in [-0.4, -0.2) is 52.6 Å². The van der Waals surface area contributed by atoms with Crippen LogP contribution in [0.5, 0.6) is 17.2 Å². The molecular weight excluding hydrogens is 709 g/mol. The second-order valence-corrected chi connectivity index (χ2v) is 12.4. The lowest BCUT2D eigenvalue weighted by Gasteiger charge is -2.18. The van der Waals surface area contributed by atoms with Crippen LogP contribution < -0.4 is 25.5 Å².